The van der Waals surface area contributed by atoms with Gasteiger partial charge in [-0.1, -0.05) is 13.8 Å². The molecule has 2 aliphatic rings. The van der Waals surface area contributed by atoms with Gasteiger partial charge in [-0.05, 0) is 49.4 Å². The maximum absolute atomic E-state index is 8.77. The van der Waals surface area contributed by atoms with E-state index < -0.39 is 0 Å². The summed E-state index contributed by atoms with van der Waals surface area (Å²) in [4.78, 5) is 0. The molecule has 0 atom stereocenters. The number of hydrogen-bond acceptors (Lipinski definition) is 2. The highest BCUT2D eigenvalue weighted by atomic mass is 14.9. The molecule has 0 aromatic rings. The Morgan fingerprint density at radius 3 is 2.31 bits per heavy atom. The molecule has 0 unspecified atom stereocenters. The molecule has 0 amide bonds. The second-order valence-electron chi connectivity index (χ2n) is 6.65. The van der Waals surface area contributed by atoms with E-state index in [2.05, 4.69) is 25.2 Å². The van der Waals surface area contributed by atoms with Crippen LogP contribution in [0.25, 0.3) is 0 Å². The van der Waals surface area contributed by atoms with Gasteiger partial charge in [0, 0.05) is 19.0 Å². The Kier molecular flexibility index (Phi) is 3.26. The van der Waals surface area contributed by atoms with Crippen molar-refractivity contribution in [1.82, 2.24) is 5.32 Å². The largest absolute Gasteiger partial charge is 0.313 e. The first-order valence-corrected chi connectivity index (χ1v) is 6.66. The van der Waals surface area contributed by atoms with Gasteiger partial charge in [0.05, 0.1) is 6.07 Å². The summed E-state index contributed by atoms with van der Waals surface area (Å²) >= 11 is 0. The van der Waals surface area contributed by atoms with Crippen molar-refractivity contribution in [3.8, 4) is 6.07 Å². The van der Waals surface area contributed by atoms with E-state index in [1.165, 1.54) is 38.5 Å². The predicted octanol–water partition coefficient (Wildman–Crippen LogP) is 3.24. The molecular weight excluding hydrogens is 196 g/mol. The molecule has 2 aliphatic carbocycles. The SMILES string of the molecule is CC1(C)CCC(NCC2(CC#N)CC2)CC1. The second-order valence-corrected chi connectivity index (χ2v) is 6.65. The van der Waals surface area contributed by atoms with Crippen molar-refractivity contribution >= 4 is 0 Å². The van der Waals surface area contributed by atoms with E-state index in [1.54, 1.807) is 0 Å². The summed E-state index contributed by atoms with van der Waals surface area (Å²) < 4.78 is 0. The number of rotatable bonds is 4. The van der Waals surface area contributed by atoms with Crippen molar-refractivity contribution in [2.75, 3.05) is 6.54 Å². The first-order chi connectivity index (χ1) is 7.55. The molecule has 16 heavy (non-hydrogen) atoms. The molecule has 0 radical (unpaired) electrons. The average Bonchev–Trinajstić information content (AvgIpc) is 2.98. The van der Waals surface area contributed by atoms with Crippen LogP contribution in [0.15, 0.2) is 0 Å². The fourth-order valence-electron chi connectivity index (χ4n) is 2.72. The van der Waals surface area contributed by atoms with Crippen LogP contribution >= 0.6 is 0 Å². The smallest absolute Gasteiger partial charge is 0.0628 e. The van der Waals surface area contributed by atoms with Crippen LogP contribution in [0.3, 0.4) is 0 Å². The van der Waals surface area contributed by atoms with Crippen LogP contribution in [0.4, 0.5) is 0 Å². The van der Waals surface area contributed by atoms with Gasteiger partial charge in [-0.2, -0.15) is 5.26 Å². The summed E-state index contributed by atoms with van der Waals surface area (Å²) in [5.41, 5.74) is 0.920. The van der Waals surface area contributed by atoms with E-state index >= 15 is 0 Å². The number of nitrogens with one attached hydrogen (secondary N) is 1. The zero-order chi connectivity index (χ0) is 11.6. The molecule has 0 spiro atoms. The Bertz CT molecular complexity index is 274. The predicted molar refractivity (Wildman–Crippen MR) is 65.9 cm³/mol. The first-order valence-electron chi connectivity index (χ1n) is 6.66. The molecule has 2 nitrogen and oxygen atoms in total. The topological polar surface area (TPSA) is 35.8 Å². The lowest BCUT2D eigenvalue weighted by atomic mass is 9.75. The number of nitriles is 1. The number of nitrogens with zero attached hydrogens (tertiary/aromatic N) is 1. The van der Waals surface area contributed by atoms with E-state index in [1.807, 2.05) is 0 Å². The maximum Gasteiger partial charge on any atom is 0.0628 e. The molecule has 0 heterocycles. The van der Waals surface area contributed by atoms with E-state index in [-0.39, 0.29) is 0 Å². The van der Waals surface area contributed by atoms with E-state index in [0.717, 1.165) is 13.0 Å². The summed E-state index contributed by atoms with van der Waals surface area (Å²) in [6, 6.07) is 3.04. The fourth-order valence-corrected chi connectivity index (χ4v) is 2.72. The minimum atomic E-state index is 0.363. The van der Waals surface area contributed by atoms with Crippen LogP contribution in [0, 0.1) is 22.2 Å². The van der Waals surface area contributed by atoms with Gasteiger partial charge in [-0.15, -0.1) is 0 Å². The lowest BCUT2D eigenvalue weighted by Gasteiger charge is -2.35. The summed E-state index contributed by atoms with van der Waals surface area (Å²) in [6.45, 7) is 5.83. The van der Waals surface area contributed by atoms with Crippen molar-refractivity contribution in [2.24, 2.45) is 10.8 Å². The molecule has 0 aromatic heterocycles. The molecule has 0 aliphatic heterocycles. The monoisotopic (exact) mass is 220 g/mol. The van der Waals surface area contributed by atoms with Crippen LogP contribution in [-0.2, 0) is 0 Å². The van der Waals surface area contributed by atoms with E-state index in [0.29, 0.717) is 16.9 Å². The van der Waals surface area contributed by atoms with Gasteiger partial charge in [-0.3, -0.25) is 0 Å². The van der Waals surface area contributed by atoms with Gasteiger partial charge >= 0.3 is 0 Å². The van der Waals surface area contributed by atoms with Crippen LogP contribution < -0.4 is 5.32 Å². The van der Waals surface area contributed by atoms with Gasteiger partial charge in [0.1, 0.15) is 0 Å². The summed E-state index contributed by atoms with van der Waals surface area (Å²) in [7, 11) is 0. The van der Waals surface area contributed by atoms with Gasteiger partial charge in [0.15, 0.2) is 0 Å². The zero-order valence-corrected chi connectivity index (χ0v) is 10.7. The molecule has 0 saturated heterocycles. The van der Waals surface area contributed by atoms with Crippen LogP contribution in [0.5, 0.6) is 0 Å². The first kappa shape index (κ1) is 11.9. The highest BCUT2D eigenvalue weighted by Crippen LogP contribution is 2.48. The molecule has 0 bridgehead atoms. The maximum atomic E-state index is 8.77. The highest BCUT2D eigenvalue weighted by Gasteiger charge is 2.42. The third kappa shape index (κ3) is 2.98. The molecular formula is C14H24N2. The highest BCUT2D eigenvalue weighted by molar-refractivity contribution is 5.01. The Hall–Kier alpha value is -0.550. The molecule has 2 heteroatoms. The van der Waals surface area contributed by atoms with Gasteiger partial charge in [0.2, 0.25) is 0 Å². The summed E-state index contributed by atoms with van der Waals surface area (Å²) in [6.07, 6.45) is 8.58. The van der Waals surface area contributed by atoms with E-state index in [9.17, 15) is 0 Å². The lowest BCUT2D eigenvalue weighted by molar-refractivity contribution is 0.201. The minimum absolute atomic E-state index is 0.363. The van der Waals surface area contributed by atoms with Crippen molar-refractivity contribution in [1.29, 1.82) is 5.26 Å². The Morgan fingerprint density at radius 2 is 1.81 bits per heavy atom. The summed E-state index contributed by atoms with van der Waals surface area (Å²) in [5.74, 6) is 0. The van der Waals surface area contributed by atoms with Crippen LogP contribution in [0.1, 0.15) is 58.8 Å². The third-order valence-corrected chi connectivity index (χ3v) is 4.52. The normalized spacial score (nSPS) is 27.3. The second kappa shape index (κ2) is 4.37. The van der Waals surface area contributed by atoms with Crippen molar-refractivity contribution in [3.05, 3.63) is 0 Å². The number of hydrogen-bond donors (Lipinski definition) is 1. The third-order valence-electron chi connectivity index (χ3n) is 4.52. The standard InChI is InChI=1S/C14H24N2/c1-13(2)5-3-12(4-6-13)16-11-14(7-8-14)9-10-15/h12,16H,3-9,11H2,1-2H3. The lowest BCUT2D eigenvalue weighted by Crippen LogP contribution is -2.38. The summed E-state index contributed by atoms with van der Waals surface area (Å²) in [5, 5.41) is 12.5. The van der Waals surface area contributed by atoms with Gasteiger partial charge in [0.25, 0.3) is 0 Å². The Balaban J connectivity index is 1.70. The quantitative estimate of drug-likeness (QED) is 0.789. The fraction of sp³-hybridized carbons (Fsp3) is 0.929. The molecule has 90 valence electrons. The van der Waals surface area contributed by atoms with Crippen molar-refractivity contribution < 1.29 is 0 Å². The average molecular weight is 220 g/mol. The Labute approximate surface area is 99.4 Å². The molecule has 2 fully saturated rings. The van der Waals surface area contributed by atoms with Gasteiger partial charge in [-0.25, -0.2) is 0 Å². The zero-order valence-electron chi connectivity index (χ0n) is 10.7. The van der Waals surface area contributed by atoms with Crippen molar-refractivity contribution in [2.45, 2.75) is 64.8 Å². The Morgan fingerprint density at radius 1 is 1.19 bits per heavy atom. The molecule has 1 N–H and O–H groups in total. The molecule has 2 saturated carbocycles. The van der Waals surface area contributed by atoms with Gasteiger partial charge < -0.3 is 5.32 Å². The van der Waals surface area contributed by atoms with Crippen LogP contribution in [0.2, 0.25) is 0 Å². The molecule has 0 aromatic carbocycles. The van der Waals surface area contributed by atoms with E-state index in [4.69, 9.17) is 5.26 Å². The van der Waals surface area contributed by atoms with Crippen molar-refractivity contribution in [3.63, 3.8) is 0 Å². The minimum Gasteiger partial charge on any atom is -0.313 e. The van der Waals surface area contributed by atoms with Crippen LogP contribution in [-0.4, -0.2) is 12.6 Å². The molecule has 2 rings (SSSR count).